The Morgan fingerprint density at radius 2 is 2.00 bits per heavy atom. The van der Waals surface area contributed by atoms with Gasteiger partial charge in [-0.15, -0.1) is 0 Å². The largest absolute Gasteiger partial charge is 0.475 e. The van der Waals surface area contributed by atoms with E-state index in [0.29, 0.717) is 0 Å². The summed E-state index contributed by atoms with van der Waals surface area (Å²) in [6, 6.07) is 0. The van der Waals surface area contributed by atoms with Gasteiger partial charge in [-0.3, -0.25) is 0 Å². The predicted molar refractivity (Wildman–Crippen MR) is 32.1 cm³/mol. The van der Waals surface area contributed by atoms with E-state index < -0.39 is 0 Å². The third-order valence-electron chi connectivity index (χ3n) is 0.966. The van der Waals surface area contributed by atoms with E-state index in [1.54, 1.807) is 19.6 Å². The first kappa shape index (κ1) is 5.44. The van der Waals surface area contributed by atoms with Gasteiger partial charge in [0, 0.05) is 7.11 Å². The lowest BCUT2D eigenvalue weighted by atomic mass is 9.68. The summed E-state index contributed by atoms with van der Waals surface area (Å²) < 4.78 is 9.70. The Bertz CT molecular complexity index is 108. The third-order valence-corrected chi connectivity index (χ3v) is 0.966. The van der Waals surface area contributed by atoms with Crippen molar-refractivity contribution in [2.45, 2.75) is 0 Å². The average Bonchev–Trinajstić information content (AvgIpc) is 1.90. The molecule has 0 aromatic heterocycles. The molecule has 3 heteroatoms. The second kappa shape index (κ2) is 2.57. The van der Waals surface area contributed by atoms with Gasteiger partial charge in [0.25, 0.3) is 0 Å². The number of hydrogen-bond donors (Lipinski definition) is 0. The van der Waals surface area contributed by atoms with Gasteiger partial charge in [-0.25, -0.2) is 0 Å². The molecule has 0 amide bonds. The van der Waals surface area contributed by atoms with Gasteiger partial charge in [-0.2, -0.15) is 0 Å². The summed E-state index contributed by atoms with van der Waals surface area (Å²) in [6.07, 6.45) is 3.21. The molecule has 2 nitrogen and oxygen atoms in total. The summed E-state index contributed by atoms with van der Waals surface area (Å²) in [7, 11) is 1.66. The highest BCUT2D eigenvalue weighted by Gasteiger charge is 2.05. The molecule has 0 fully saturated rings. The van der Waals surface area contributed by atoms with E-state index in [2.05, 4.69) is 0 Å². The maximum Gasteiger partial charge on any atom is 0.352 e. The van der Waals surface area contributed by atoms with E-state index in [1.165, 1.54) is 0 Å². The highest BCUT2D eigenvalue weighted by atomic mass is 16.5. The second-order valence-electron chi connectivity index (χ2n) is 1.49. The van der Waals surface area contributed by atoms with Crippen LogP contribution >= 0.6 is 0 Å². The molecule has 0 unspecified atom stereocenters. The fourth-order valence-corrected chi connectivity index (χ4v) is 0.512. The van der Waals surface area contributed by atoms with Crippen molar-refractivity contribution in [3.63, 3.8) is 0 Å². The molecule has 0 aromatic rings. The van der Waals surface area contributed by atoms with Crippen molar-refractivity contribution in [3.8, 4) is 0 Å². The van der Waals surface area contributed by atoms with Crippen LogP contribution in [-0.2, 0) is 9.39 Å². The molecule has 1 aliphatic heterocycles. The van der Waals surface area contributed by atoms with Crippen molar-refractivity contribution in [1.29, 1.82) is 0 Å². The second-order valence-corrected chi connectivity index (χ2v) is 1.49. The van der Waals surface area contributed by atoms with Crippen molar-refractivity contribution < 1.29 is 9.39 Å². The van der Waals surface area contributed by atoms with Crippen LogP contribution in [0.5, 0.6) is 0 Å². The summed E-state index contributed by atoms with van der Waals surface area (Å²) in [5.41, 5.74) is 0. The van der Waals surface area contributed by atoms with E-state index in [1.807, 2.05) is 12.0 Å². The van der Waals surface area contributed by atoms with Gasteiger partial charge in [0.1, 0.15) is 0 Å². The van der Waals surface area contributed by atoms with Crippen molar-refractivity contribution >= 4 is 6.92 Å². The molecule has 0 atom stereocenters. The van der Waals surface area contributed by atoms with Crippen molar-refractivity contribution in [2.75, 3.05) is 7.11 Å². The predicted octanol–water partition coefficient (Wildman–Crippen LogP) is 0.760. The molecule has 0 N–H and O–H groups in total. The fourth-order valence-electron chi connectivity index (χ4n) is 0.512. The lowest BCUT2D eigenvalue weighted by molar-refractivity contribution is 0.389. The summed E-state index contributed by atoms with van der Waals surface area (Å²) in [5, 5.41) is 0. The SMILES string of the molecule is COB1C=COC=C1. The Labute approximate surface area is 48.9 Å². The minimum Gasteiger partial charge on any atom is -0.475 e. The molecule has 1 heterocycles. The Balaban J connectivity index is 2.42. The lowest BCUT2D eigenvalue weighted by Gasteiger charge is -2.02. The highest BCUT2D eigenvalue weighted by molar-refractivity contribution is 6.63. The van der Waals surface area contributed by atoms with Crippen LogP contribution in [0.15, 0.2) is 24.5 Å². The van der Waals surface area contributed by atoms with Gasteiger partial charge in [-0.05, 0) is 12.0 Å². The van der Waals surface area contributed by atoms with Crippen molar-refractivity contribution in [3.05, 3.63) is 24.5 Å². The van der Waals surface area contributed by atoms with Gasteiger partial charge in [0.15, 0.2) is 0 Å². The quantitative estimate of drug-likeness (QED) is 0.464. The first-order valence-electron chi connectivity index (χ1n) is 2.45. The Morgan fingerprint density at radius 1 is 1.38 bits per heavy atom. The normalized spacial score (nSPS) is 16.4. The van der Waals surface area contributed by atoms with Crippen LogP contribution in [0.2, 0.25) is 0 Å². The van der Waals surface area contributed by atoms with Crippen molar-refractivity contribution in [1.82, 2.24) is 0 Å². The molecule has 1 aliphatic rings. The first-order chi connectivity index (χ1) is 3.93. The number of ether oxygens (including phenoxy) is 1. The van der Waals surface area contributed by atoms with Gasteiger partial charge < -0.3 is 9.39 Å². The maximum atomic E-state index is 4.94. The molecule has 8 heavy (non-hydrogen) atoms. The van der Waals surface area contributed by atoms with Crippen molar-refractivity contribution in [2.24, 2.45) is 0 Å². The zero-order valence-corrected chi connectivity index (χ0v) is 4.70. The lowest BCUT2D eigenvalue weighted by Crippen LogP contribution is -2.11. The molecule has 0 bridgehead atoms. The summed E-state index contributed by atoms with van der Waals surface area (Å²) in [6.45, 7) is 0.101. The summed E-state index contributed by atoms with van der Waals surface area (Å²) >= 11 is 0. The van der Waals surface area contributed by atoms with E-state index >= 15 is 0 Å². The molecule has 0 spiro atoms. The smallest absolute Gasteiger partial charge is 0.352 e. The van der Waals surface area contributed by atoms with Gasteiger partial charge >= 0.3 is 6.92 Å². The average molecular weight is 110 g/mol. The zero-order chi connectivity index (χ0) is 5.82. The summed E-state index contributed by atoms with van der Waals surface area (Å²) in [4.78, 5) is 0. The first-order valence-corrected chi connectivity index (χ1v) is 2.45. The molecule has 0 saturated heterocycles. The monoisotopic (exact) mass is 110 g/mol. The van der Waals surface area contributed by atoms with E-state index in [-0.39, 0.29) is 6.92 Å². The van der Waals surface area contributed by atoms with Crippen LogP contribution in [0.25, 0.3) is 0 Å². The minimum atomic E-state index is 0.101. The molecule has 0 aromatic carbocycles. The maximum absolute atomic E-state index is 4.94. The van der Waals surface area contributed by atoms with Gasteiger partial charge in [0.2, 0.25) is 0 Å². The standard InChI is InChI=1S/C5H7BO2/c1-7-6-2-4-8-5-3-6/h2-5H,1H3. The van der Waals surface area contributed by atoms with Gasteiger partial charge in [0.05, 0.1) is 12.5 Å². The highest BCUT2D eigenvalue weighted by Crippen LogP contribution is 1.96. The number of hydrogen-bond acceptors (Lipinski definition) is 2. The Hall–Kier alpha value is -0.695. The zero-order valence-electron chi connectivity index (χ0n) is 4.70. The molecule has 0 radical (unpaired) electrons. The molecule has 1 rings (SSSR count). The van der Waals surface area contributed by atoms with Crippen LogP contribution < -0.4 is 0 Å². The Kier molecular flexibility index (Phi) is 1.75. The van der Waals surface area contributed by atoms with Crippen LogP contribution in [0.3, 0.4) is 0 Å². The van der Waals surface area contributed by atoms with Crippen LogP contribution in [0.1, 0.15) is 0 Å². The number of rotatable bonds is 1. The molecular formula is C5H7BO2. The van der Waals surface area contributed by atoms with Crippen LogP contribution in [0.4, 0.5) is 0 Å². The molecular weight excluding hydrogens is 103 g/mol. The molecule has 0 saturated carbocycles. The van der Waals surface area contributed by atoms with Gasteiger partial charge in [-0.1, -0.05) is 0 Å². The molecule has 42 valence electrons. The fraction of sp³-hybridized carbons (Fsp3) is 0.200. The van der Waals surface area contributed by atoms with Crippen LogP contribution in [0, 0.1) is 0 Å². The topological polar surface area (TPSA) is 18.5 Å². The summed E-state index contributed by atoms with van der Waals surface area (Å²) in [5.74, 6) is 3.67. The minimum absolute atomic E-state index is 0.101. The van der Waals surface area contributed by atoms with E-state index in [4.69, 9.17) is 9.39 Å². The third kappa shape index (κ3) is 1.14. The van der Waals surface area contributed by atoms with Crippen LogP contribution in [-0.4, -0.2) is 14.0 Å². The Morgan fingerprint density at radius 3 is 2.38 bits per heavy atom. The van der Waals surface area contributed by atoms with E-state index in [9.17, 15) is 0 Å². The molecule has 0 aliphatic carbocycles. The van der Waals surface area contributed by atoms with E-state index in [0.717, 1.165) is 0 Å².